The molecule has 4 N–H and O–H groups in total. The fraction of sp³-hybridized carbons (Fsp3) is 0.538. The van der Waals surface area contributed by atoms with Gasteiger partial charge in [-0.25, -0.2) is 4.99 Å². The lowest BCUT2D eigenvalue weighted by molar-refractivity contribution is 0.0999. The van der Waals surface area contributed by atoms with Gasteiger partial charge in [-0.1, -0.05) is 6.92 Å². The predicted octanol–water partition coefficient (Wildman–Crippen LogP) is 1.54. The second-order valence-corrected chi connectivity index (χ2v) is 5.01. The van der Waals surface area contributed by atoms with Crippen molar-refractivity contribution in [2.45, 2.75) is 26.3 Å². The molecule has 6 nitrogen and oxygen atoms in total. The number of hydrogen-bond donors (Lipinski definition) is 2. The SMILES string of the molecule is CC1CCN(C(N)=NCc2cc(C(N)=O)co2)CC1.I. The van der Waals surface area contributed by atoms with Crippen molar-refractivity contribution in [3.8, 4) is 0 Å². The molecule has 0 atom stereocenters. The Labute approximate surface area is 135 Å². The third-order valence-corrected chi connectivity index (χ3v) is 3.44. The Balaban J connectivity index is 0.00000200. The molecule has 0 saturated carbocycles. The second-order valence-electron chi connectivity index (χ2n) is 5.01. The van der Waals surface area contributed by atoms with E-state index in [2.05, 4.69) is 16.8 Å². The van der Waals surface area contributed by atoms with Crippen LogP contribution in [0.15, 0.2) is 21.7 Å². The number of nitrogens with zero attached hydrogens (tertiary/aromatic N) is 2. The van der Waals surface area contributed by atoms with E-state index in [1.54, 1.807) is 6.07 Å². The number of halogens is 1. The average molecular weight is 392 g/mol. The maximum atomic E-state index is 10.9. The van der Waals surface area contributed by atoms with Crippen molar-refractivity contribution < 1.29 is 9.21 Å². The summed E-state index contributed by atoms with van der Waals surface area (Å²) >= 11 is 0. The van der Waals surface area contributed by atoms with Gasteiger partial charge in [-0.2, -0.15) is 0 Å². The van der Waals surface area contributed by atoms with Crippen LogP contribution in [0.5, 0.6) is 0 Å². The van der Waals surface area contributed by atoms with Crippen LogP contribution in [-0.4, -0.2) is 29.9 Å². The van der Waals surface area contributed by atoms with Crippen molar-refractivity contribution in [1.29, 1.82) is 0 Å². The maximum Gasteiger partial charge on any atom is 0.251 e. The minimum Gasteiger partial charge on any atom is -0.467 e. The molecule has 0 spiro atoms. The van der Waals surface area contributed by atoms with Gasteiger partial charge >= 0.3 is 0 Å². The minimum absolute atomic E-state index is 0. The first-order valence-electron chi connectivity index (χ1n) is 6.48. The van der Waals surface area contributed by atoms with Crippen LogP contribution in [0, 0.1) is 5.92 Å². The number of aliphatic imine (C=N–C) groups is 1. The van der Waals surface area contributed by atoms with Crippen LogP contribution in [0.2, 0.25) is 0 Å². The van der Waals surface area contributed by atoms with E-state index in [9.17, 15) is 4.79 Å². The lowest BCUT2D eigenvalue weighted by Gasteiger charge is -2.30. The lowest BCUT2D eigenvalue weighted by Crippen LogP contribution is -2.42. The monoisotopic (exact) mass is 392 g/mol. The predicted molar refractivity (Wildman–Crippen MR) is 87.9 cm³/mol. The first-order chi connectivity index (χ1) is 9.06. The van der Waals surface area contributed by atoms with E-state index in [-0.39, 0.29) is 24.0 Å². The smallest absolute Gasteiger partial charge is 0.251 e. The van der Waals surface area contributed by atoms with Crippen molar-refractivity contribution >= 4 is 35.8 Å². The van der Waals surface area contributed by atoms with E-state index in [1.807, 2.05) is 0 Å². The molecule has 1 aromatic heterocycles. The van der Waals surface area contributed by atoms with Crippen molar-refractivity contribution in [2.75, 3.05) is 13.1 Å². The zero-order chi connectivity index (χ0) is 13.8. The quantitative estimate of drug-likeness (QED) is 0.463. The van der Waals surface area contributed by atoms with Crippen LogP contribution in [0.1, 0.15) is 35.9 Å². The standard InChI is InChI=1S/C13H20N4O2.HI/c1-9-2-4-17(5-3-9)13(15)16-7-11-6-10(8-19-11)12(14)18;/h6,8-9H,2-5,7H2,1H3,(H2,14,18)(H2,15,16);1H. The van der Waals surface area contributed by atoms with Gasteiger partial charge in [-0.3, -0.25) is 4.79 Å². The maximum absolute atomic E-state index is 10.9. The summed E-state index contributed by atoms with van der Waals surface area (Å²) in [7, 11) is 0. The average Bonchev–Trinajstić information content (AvgIpc) is 2.86. The molecule has 7 heteroatoms. The zero-order valence-electron chi connectivity index (χ0n) is 11.5. The first-order valence-corrected chi connectivity index (χ1v) is 6.48. The van der Waals surface area contributed by atoms with E-state index in [0.717, 1.165) is 31.8 Å². The molecule has 1 fully saturated rings. The summed E-state index contributed by atoms with van der Waals surface area (Å²) in [6, 6.07) is 1.59. The molecule has 0 aromatic carbocycles. The van der Waals surface area contributed by atoms with E-state index in [1.165, 1.54) is 6.26 Å². The number of amides is 1. The van der Waals surface area contributed by atoms with E-state index >= 15 is 0 Å². The van der Waals surface area contributed by atoms with Gasteiger partial charge in [0.1, 0.15) is 18.6 Å². The van der Waals surface area contributed by atoms with Gasteiger partial charge in [0, 0.05) is 13.1 Å². The fourth-order valence-corrected chi connectivity index (χ4v) is 2.09. The molecule has 0 aliphatic carbocycles. The molecule has 112 valence electrons. The highest BCUT2D eigenvalue weighted by Gasteiger charge is 2.17. The summed E-state index contributed by atoms with van der Waals surface area (Å²) in [5, 5.41) is 0. The first kappa shape index (κ1) is 16.8. The number of rotatable bonds is 3. The molecule has 0 bridgehead atoms. The second kappa shape index (κ2) is 7.51. The Bertz CT molecular complexity index is 478. The van der Waals surface area contributed by atoms with Gasteiger partial charge in [0.05, 0.1) is 5.56 Å². The molecule has 1 aliphatic rings. The van der Waals surface area contributed by atoms with Crippen molar-refractivity contribution in [3.05, 3.63) is 23.7 Å². The van der Waals surface area contributed by atoms with Gasteiger partial charge in [-0.05, 0) is 24.8 Å². The molecule has 0 radical (unpaired) electrons. The molecule has 1 amide bonds. The van der Waals surface area contributed by atoms with Gasteiger partial charge in [0.25, 0.3) is 5.91 Å². The highest BCUT2D eigenvalue weighted by molar-refractivity contribution is 14.0. The van der Waals surface area contributed by atoms with Crippen LogP contribution in [0.25, 0.3) is 0 Å². The molecule has 2 heterocycles. The number of hydrogen-bond acceptors (Lipinski definition) is 3. The molecule has 0 unspecified atom stereocenters. The van der Waals surface area contributed by atoms with E-state index < -0.39 is 5.91 Å². The van der Waals surface area contributed by atoms with Crippen LogP contribution in [0.3, 0.4) is 0 Å². The Hall–Kier alpha value is -1.25. The summed E-state index contributed by atoms with van der Waals surface area (Å²) < 4.78 is 5.20. The summed E-state index contributed by atoms with van der Waals surface area (Å²) in [6.07, 6.45) is 3.62. The topological polar surface area (TPSA) is 97.9 Å². The van der Waals surface area contributed by atoms with Crippen LogP contribution >= 0.6 is 24.0 Å². The van der Waals surface area contributed by atoms with Crippen LogP contribution < -0.4 is 11.5 Å². The molecule has 1 aliphatic heterocycles. The third-order valence-electron chi connectivity index (χ3n) is 3.44. The number of guanidine groups is 1. The fourth-order valence-electron chi connectivity index (χ4n) is 2.09. The van der Waals surface area contributed by atoms with Gasteiger partial charge in [0.2, 0.25) is 0 Å². The largest absolute Gasteiger partial charge is 0.467 e. The molecular weight excluding hydrogens is 371 g/mol. The van der Waals surface area contributed by atoms with Gasteiger partial charge in [0.15, 0.2) is 5.96 Å². The van der Waals surface area contributed by atoms with Crippen LogP contribution in [-0.2, 0) is 6.54 Å². The van der Waals surface area contributed by atoms with Crippen molar-refractivity contribution in [3.63, 3.8) is 0 Å². The summed E-state index contributed by atoms with van der Waals surface area (Å²) in [5.74, 6) is 1.37. The molecular formula is C13H21IN4O2. The summed E-state index contributed by atoms with van der Waals surface area (Å²) in [4.78, 5) is 17.3. The number of primary amides is 1. The number of carbonyl (C=O) groups excluding carboxylic acids is 1. The van der Waals surface area contributed by atoms with Crippen molar-refractivity contribution in [2.24, 2.45) is 22.4 Å². The number of piperidine rings is 1. The summed E-state index contributed by atoms with van der Waals surface area (Å²) in [5.41, 5.74) is 11.5. The van der Waals surface area contributed by atoms with E-state index in [4.69, 9.17) is 15.9 Å². The van der Waals surface area contributed by atoms with Crippen LogP contribution in [0.4, 0.5) is 0 Å². The highest BCUT2D eigenvalue weighted by atomic mass is 127. The summed E-state index contributed by atoms with van der Waals surface area (Å²) in [6.45, 7) is 4.46. The third kappa shape index (κ3) is 4.39. The normalized spacial score (nSPS) is 16.9. The Kier molecular flexibility index (Phi) is 6.31. The number of likely N-dealkylation sites (tertiary alicyclic amines) is 1. The highest BCUT2D eigenvalue weighted by Crippen LogP contribution is 2.16. The van der Waals surface area contributed by atoms with Gasteiger partial charge < -0.3 is 20.8 Å². The Morgan fingerprint density at radius 2 is 2.10 bits per heavy atom. The lowest BCUT2D eigenvalue weighted by atomic mass is 10.00. The van der Waals surface area contributed by atoms with Crippen molar-refractivity contribution in [1.82, 2.24) is 4.90 Å². The molecule has 1 aromatic rings. The Morgan fingerprint density at radius 1 is 1.45 bits per heavy atom. The molecule has 20 heavy (non-hydrogen) atoms. The number of furan rings is 1. The number of nitrogens with two attached hydrogens (primary N) is 2. The van der Waals surface area contributed by atoms with Gasteiger partial charge in [-0.15, -0.1) is 24.0 Å². The Morgan fingerprint density at radius 3 is 2.65 bits per heavy atom. The minimum atomic E-state index is -0.503. The zero-order valence-corrected chi connectivity index (χ0v) is 13.9. The molecule has 1 saturated heterocycles. The van der Waals surface area contributed by atoms with E-state index in [0.29, 0.717) is 23.8 Å². The molecule has 2 rings (SSSR count). The number of carbonyl (C=O) groups is 1.